The van der Waals surface area contributed by atoms with Crippen molar-refractivity contribution in [2.45, 2.75) is 32.0 Å². The Morgan fingerprint density at radius 3 is 2.83 bits per heavy atom. The molecule has 3 aromatic heterocycles. The first-order valence-electron chi connectivity index (χ1n) is 9.38. The van der Waals surface area contributed by atoms with E-state index in [0.717, 1.165) is 11.9 Å². The summed E-state index contributed by atoms with van der Waals surface area (Å²) in [5, 5.41) is 13.6. The summed E-state index contributed by atoms with van der Waals surface area (Å²) >= 11 is 2.63. The van der Waals surface area contributed by atoms with Gasteiger partial charge in [0.1, 0.15) is 4.70 Å². The van der Waals surface area contributed by atoms with Gasteiger partial charge >= 0.3 is 0 Å². The van der Waals surface area contributed by atoms with Crippen LogP contribution in [0.4, 0.5) is 5.69 Å². The number of thioether (sulfide) groups is 1. The van der Waals surface area contributed by atoms with Crippen LogP contribution in [0, 0.1) is 0 Å². The summed E-state index contributed by atoms with van der Waals surface area (Å²) in [4.78, 5) is 36.7. The van der Waals surface area contributed by atoms with Crippen molar-refractivity contribution in [1.29, 1.82) is 0 Å². The number of benzene rings is 1. The summed E-state index contributed by atoms with van der Waals surface area (Å²) in [6.45, 7) is 4.03. The Labute approximate surface area is 179 Å². The Hall–Kier alpha value is -2.98. The number of Topliss-reactive ketones (excluding diaryl/α,β-unsaturated/α-hetero) is 1. The van der Waals surface area contributed by atoms with Gasteiger partial charge in [-0.25, -0.2) is 0 Å². The number of hydrogen-bond acceptors (Lipinski definition) is 7. The van der Waals surface area contributed by atoms with Crippen LogP contribution in [0.15, 0.2) is 45.7 Å². The molecule has 1 aromatic carbocycles. The lowest BCUT2D eigenvalue weighted by molar-refractivity contribution is -0.113. The van der Waals surface area contributed by atoms with Gasteiger partial charge in [-0.05, 0) is 36.9 Å². The quantitative estimate of drug-likeness (QED) is 0.348. The molecule has 30 heavy (non-hydrogen) atoms. The predicted octanol–water partition coefficient (Wildman–Crippen LogP) is 3.45. The highest BCUT2D eigenvalue weighted by molar-refractivity contribution is 7.99. The van der Waals surface area contributed by atoms with Crippen molar-refractivity contribution in [3.63, 3.8) is 0 Å². The van der Waals surface area contributed by atoms with Gasteiger partial charge in [-0.15, -0.1) is 21.5 Å². The van der Waals surface area contributed by atoms with E-state index < -0.39 is 0 Å². The van der Waals surface area contributed by atoms with E-state index in [4.69, 9.17) is 0 Å². The second-order valence-corrected chi connectivity index (χ2v) is 8.54. The molecule has 10 heteroatoms. The second kappa shape index (κ2) is 8.41. The number of rotatable bonds is 7. The number of nitrogens with one attached hydrogen (secondary N) is 1. The number of ketones is 1. The molecule has 0 spiro atoms. The van der Waals surface area contributed by atoms with Gasteiger partial charge in [0, 0.05) is 17.8 Å². The van der Waals surface area contributed by atoms with Crippen LogP contribution >= 0.6 is 23.1 Å². The molecular formula is C20H19N5O3S2. The SMILES string of the molecule is CCCn1c(=O)c2sccc2n2c(SCC(=O)Nc3cccc(C(C)=O)c3)nnc12. The average molecular weight is 442 g/mol. The van der Waals surface area contributed by atoms with Crippen molar-refractivity contribution in [2.75, 3.05) is 11.1 Å². The summed E-state index contributed by atoms with van der Waals surface area (Å²) in [6.07, 6.45) is 0.795. The number of amides is 1. The molecule has 8 nitrogen and oxygen atoms in total. The molecule has 154 valence electrons. The third-order valence-corrected chi connectivity index (χ3v) is 6.34. The number of nitrogens with zero attached hydrogens (tertiary/aromatic N) is 4. The minimum atomic E-state index is -0.221. The molecule has 0 saturated carbocycles. The number of fused-ring (bicyclic) bond motifs is 3. The summed E-state index contributed by atoms with van der Waals surface area (Å²) in [6, 6.07) is 8.68. The van der Waals surface area contributed by atoms with Gasteiger partial charge in [0.05, 0.1) is 11.3 Å². The molecule has 0 aliphatic heterocycles. The topological polar surface area (TPSA) is 98.4 Å². The van der Waals surface area contributed by atoms with E-state index in [9.17, 15) is 14.4 Å². The Morgan fingerprint density at radius 1 is 1.23 bits per heavy atom. The lowest BCUT2D eigenvalue weighted by Crippen LogP contribution is -2.22. The zero-order chi connectivity index (χ0) is 21.3. The van der Waals surface area contributed by atoms with Crippen LogP contribution in [0.5, 0.6) is 0 Å². The zero-order valence-corrected chi connectivity index (χ0v) is 18.0. The van der Waals surface area contributed by atoms with Gasteiger partial charge < -0.3 is 5.32 Å². The number of aryl methyl sites for hydroxylation is 1. The highest BCUT2D eigenvalue weighted by Gasteiger charge is 2.18. The summed E-state index contributed by atoms with van der Waals surface area (Å²) < 4.78 is 4.10. The number of carbonyl (C=O) groups is 2. The highest BCUT2D eigenvalue weighted by atomic mass is 32.2. The van der Waals surface area contributed by atoms with Crippen LogP contribution in [0.1, 0.15) is 30.6 Å². The van der Waals surface area contributed by atoms with E-state index in [1.54, 1.807) is 28.8 Å². The fraction of sp³-hybridized carbons (Fsp3) is 0.250. The molecule has 0 aliphatic rings. The van der Waals surface area contributed by atoms with Gasteiger partial charge in [-0.3, -0.25) is 23.4 Å². The number of thiophene rings is 1. The minimum Gasteiger partial charge on any atom is -0.325 e. The van der Waals surface area contributed by atoms with Crippen molar-refractivity contribution < 1.29 is 9.59 Å². The fourth-order valence-electron chi connectivity index (χ4n) is 3.16. The zero-order valence-electron chi connectivity index (χ0n) is 16.4. The van der Waals surface area contributed by atoms with Crippen LogP contribution in [0.3, 0.4) is 0 Å². The monoisotopic (exact) mass is 441 g/mol. The van der Waals surface area contributed by atoms with Crippen molar-refractivity contribution in [1.82, 2.24) is 19.2 Å². The molecule has 1 N–H and O–H groups in total. The Bertz CT molecular complexity index is 1320. The van der Waals surface area contributed by atoms with Crippen LogP contribution in [-0.2, 0) is 11.3 Å². The first-order valence-corrected chi connectivity index (χ1v) is 11.2. The lowest BCUT2D eigenvalue weighted by atomic mass is 10.1. The van der Waals surface area contributed by atoms with Crippen LogP contribution in [0.2, 0.25) is 0 Å². The standard InChI is InChI=1S/C20H19N5O3S2/c1-3-8-24-18(28)17-15(7-9-29-17)25-19(24)22-23-20(25)30-11-16(27)21-14-6-4-5-13(10-14)12(2)26/h4-7,9-10H,3,8,11H2,1-2H3,(H,21,27). The maximum Gasteiger partial charge on any atom is 0.272 e. The maximum absolute atomic E-state index is 12.7. The van der Waals surface area contributed by atoms with Gasteiger partial charge in [-0.1, -0.05) is 30.8 Å². The molecule has 0 saturated heterocycles. The number of carbonyl (C=O) groups excluding carboxylic acids is 2. The number of aromatic nitrogens is 4. The van der Waals surface area contributed by atoms with E-state index >= 15 is 0 Å². The molecule has 1 amide bonds. The van der Waals surface area contributed by atoms with Gasteiger partial charge in [0.15, 0.2) is 10.9 Å². The van der Waals surface area contributed by atoms with E-state index in [-0.39, 0.29) is 23.0 Å². The molecule has 4 rings (SSSR count). The third kappa shape index (κ3) is 3.75. The predicted molar refractivity (Wildman–Crippen MR) is 119 cm³/mol. The van der Waals surface area contributed by atoms with E-state index in [2.05, 4.69) is 15.5 Å². The Kier molecular flexibility index (Phi) is 5.69. The minimum absolute atomic E-state index is 0.0618. The third-order valence-electron chi connectivity index (χ3n) is 4.51. The van der Waals surface area contributed by atoms with E-state index in [1.165, 1.54) is 30.0 Å². The molecular weight excluding hydrogens is 422 g/mol. The molecule has 0 fully saturated rings. The fourth-order valence-corrected chi connectivity index (χ4v) is 4.73. The molecule has 0 atom stereocenters. The normalized spacial score (nSPS) is 11.3. The average Bonchev–Trinajstić information content (AvgIpc) is 3.36. The van der Waals surface area contributed by atoms with Crippen molar-refractivity contribution >= 4 is 56.5 Å². The largest absolute Gasteiger partial charge is 0.325 e. The second-order valence-electron chi connectivity index (χ2n) is 6.68. The lowest BCUT2D eigenvalue weighted by Gasteiger charge is -2.08. The summed E-state index contributed by atoms with van der Waals surface area (Å²) in [7, 11) is 0. The maximum atomic E-state index is 12.7. The first kappa shape index (κ1) is 20.3. The number of anilines is 1. The molecule has 0 unspecified atom stereocenters. The molecule has 0 radical (unpaired) electrons. The molecule has 4 aromatic rings. The van der Waals surface area contributed by atoms with E-state index in [0.29, 0.717) is 33.4 Å². The van der Waals surface area contributed by atoms with Crippen molar-refractivity contribution in [3.8, 4) is 0 Å². The molecule has 3 heterocycles. The van der Waals surface area contributed by atoms with Crippen molar-refractivity contribution in [3.05, 3.63) is 51.6 Å². The Morgan fingerprint density at radius 2 is 2.07 bits per heavy atom. The summed E-state index contributed by atoms with van der Waals surface area (Å²) in [5.74, 6) is 0.308. The molecule has 0 aliphatic carbocycles. The first-order chi connectivity index (χ1) is 14.5. The Balaban J connectivity index is 1.59. The van der Waals surface area contributed by atoms with Crippen molar-refractivity contribution in [2.24, 2.45) is 0 Å². The smallest absolute Gasteiger partial charge is 0.272 e. The van der Waals surface area contributed by atoms with Gasteiger partial charge in [0.2, 0.25) is 11.7 Å². The van der Waals surface area contributed by atoms with Gasteiger partial charge in [-0.2, -0.15) is 0 Å². The van der Waals surface area contributed by atoms with Crippen LogP contribution in [0.25, 0.3) is 16.0 Å². The summed E-state index contributed by atoms with van der Waals surface area (Å²) in [5.41, 5.74) is 1.78. The molecule has 0 bridgehead atoms. The number of hydrogen-bond donors (Lipinski definition) is 1. The van der Waals surface area contributed by atoms with Gasteiger partial charge in [0.25, 0.3) is 5.56 Å². The van der Waals surface area contributed by atoms with E-state index in [1.807, 2.05) is 22.8 Å². The van der Waals surface area contributed by atoms with Crippen LogP contribution < -0.4 is 10.9 Å². The van der Waals surface area contributed by atoms with Crippen LogP contribution in [-0.4, -0.2) is 36.6 Å². The highest BCUT2D eigenvalue weighted by Crippen LogP contribution is 2.24.